The second-order valence-corrected chi connectivity index (χ2v) is 5.76. The van der Waals surface area contributed by atoms with E-state index in [1.807, 2.05) is 25.3 Å². The molecule has 0 aromatic carbocycles. The third-order valence-corrected chi connectivity index (χ3v) is 3.95. The van der Waals surface area contributed by atoms with Gasteiger partial charge in [0.05, 0.1) is 7.11 Å². The van der Waals surface area contributed by atoms with Crippen molar-refractivity contribution in [3.63, 3.8) is 0 Å². The minimum Gasteiger partial charge on any atom is -0.481 e. The van der Waals surface area contributed by atoms with Gasteiger partial charge in [0.2, 0.25) is 5.88 Å². The molecule has 108 valence electrons. The zero-order valence-corrected chi connectivity index (χ0v) is 12.7. The smallest absolute Gasteiger partial charge is 0.213 e. The maximum Gasteiger partial charge on any atom is 0.213 e. The lowest BCUT2D eigenvalue weighted by atomic mass is 10.2. The summed E-state index contributed by atoms with van der Waals surface area (Å²) in [5.41, 5.74) is 0.986. The first-order chi connectivity index (χ1) is 10.3. The first-order valence-electron chi connectivity index (χ1n) is 6.57. The summed E-state index contributed by atoms with van der Waals surface area (Å²) in [4.78, 5) is 8.54. The van der Waals surface area contributed by atoms with Gasteiger partial charge in [0.1, 0.15) is 15.8 Å². The maximum atomic E-state index is 5.16. The Bertz CT molecular complexity index is 736. The van der Waals surface area contributed by atoms with E-state index in [2.05, 4.69) is 24.7 Å². The molecule has 0 amide bonds. The number of aromatic nitrogens is 5. The van der Waals surface area contributed by atoms with Gasteiger partial charge in [-0.1, -0.05) is 0 Å². The van der Waals surface area contributed by atoms with E-state index in [-0.39, 0.29) is 0 Å². The first-order valence-corrected chi connectivity index (χ1v) is 7.38. The third-order valence-electron chi connectivity index (χ3n) is 3.05. The van der Waals surface area contributed by atoms with Crippen LogP contribution in [0, 0.1) is 6.92 Å². The highest BCUT2D eigenvalue weighted by Crippen LogP contribution is 2.21. The minimum atomic E-state index is 0.585. The standard InChI is InChI=1S/C14H15N5OS/c1-10-17-18-13(21-10)4-7-19-8-6-16-14(19)11-3-5-15-12(9-11)20-2/h3,5-6,8-9H,4,7H2,1-2H3. The van der Waals surface area contributed by atoms with E-state index in [0.29, 0.717) is 5.88 Å². The number of methoxy groups -OCH3 is 1. The zero-order chi connectivity index (χ0) is 14.7. The monoisotopic (exact) mass is 301 g/mol. The van der Waals surface area contributed by atoms with Gasteiger partial charge in [-0.3, -0.25) is 0 Å². The number of rotatable bonds is 5. The molecule has 0 aliphatic carbocycles. The van der Waals surface area contributed by atoms with E-state index in [0.717, 1.165) is 34.4 Å². The molecule has 6 nitrogen and oxygen atoms in total. The molecule has 21 heavy (non-hydrogen) atoms. The Morgan fingerprint density at radius 2 is 2.14 bits per heavy atom. The average molecular weight is 301 g/mol. The van der Waals surface area contributed by atoms with Crippen LogP contribution in [0.15, 0.2) is 30.7 Å². The van der Waals surface area contributed by atoms with Gasteiger partial charge in [0, 0.05) is 43.2 Å². The number of nitrogens with zero attached hydrogens (tertiary/aromatic N) is 5. The summed E-state index contributed by atoms with van der Waals surface area (Å²) in [5, 5.41) is 10.2. The summed E-state index contributed by atoms with van der Waals surface area (Å²) >= 11 is 1.63. The number of pyridine rings is 1. The Labute approximate surface area is 126 Å². The number of aryl methyl sites for hydroxylation is 3. The zero-order valence-electron chi connectivity index (χ0n) is 11.9. The lowest BCUT2D eigenvalue weighted by molar-refractivity contribution is 0.398. The van der Waals surface area contributed by atoms with E-state index in [4.69, 9.17) is 4.74 Å². The van der Waals surface area contributed by atoms with Gasteiger partial charge in [0.25, 0.3) is 0 Å². The number of ether oxygens (including phenoxy) is 1. The largest absolute Gasteiger partial charge is 0.481 e. The van der Waals surface area contributed by atoms with Crippen LogP contribution in [0.2, 0.25) is 0 Å². The quantitative estimate of drug-likeness (QED) is 0.724. The van der Waals surface area contributed by atoms with Crippen LogP contribution in [0.4, 0.5) is 0 Å². The summed E-state index contributed by atoms with van der Waals surface area (Å²) in [6.45, 7) is 2.78. The van der Waals surface area contributed by atoms with Crippen molar-refractivity contribution >= 4 is 11.3 Å². The predicted octanol–water partition coefficient (Wildman–Crippen LogP) is 2.36. The number of imidazole rings is 1. The Hall–Kier alpha value is -2.28. The van der Waals surface area contributed by atoms with Crippen LogP contribution in [0.1, 0.15) is 10.0 Å². The van der Waals surface area contributed by atoms with Crippen LogP contribution in [-0.4, -0.2) is 31.8 Å². The van der Waals surface area contributed by atoms with Gasteiger partial charge in [-0.15, -0.1) is 21.5 Å². The molecule has 3 rings (SSSR count). The number of hydrogen-bond donors (Lipinski definition) is 0. The molecule has 0 aliphatic heterocycles. The van der Waals surface area contributed by atoms with Gasteiger partial charge in [-0.2, -0.15) is 0 Å². The fourth-order valence-electron chi connectivity index (χ4n) is 2.06. The fourth-order valence-corrected chi connectivity index (χ4v) is 2.76. The molecule has 0 fully saturated rings. The molecule has 3 aromatic rings. The second kappa shape index (κ2) is 6.01. The van der Waals surface area contributed by atoms with Gasteiger partial charge in [0.15, 0.2) is 0 Å². The Balaban J connectivity index is 1.80. The normalized spacial score (nSPS) is 10.8. The molecule has 0 bridgehead atoms. The summed E-state index contributed by atoms with van der Waals surface area (Å²) in [5.74, 6) is 1.48. The summed E-state index contributed by atoms with van der Waals surface area (Å²) in [6.07, 6.45) is 6.34. The van der Waals surface area contributed by atoms with Gasteiger partial charge in [-0.25, -0.2) is 9.97 Å². The highest BCUT2D eigenvalue weighted by atomic mass is 32.1. The van der Waals surface area contributed by atoms with Crippen molar-refractivity contribution in [1.82, 2.24) is 24.7 Å². The molecule has 3 heterocycles. The van der Waals surface area contributed by atoms with Gasteiger partial charge >= 0.3 is 0 Å². The van der Waals surface area contributed by atoms with Crippen LogP contribution in [0.25, 0.3) is 11.4 Å². The van der Waals surface area contributed by atoms with Crippen LogP contribution in [0.5, 0.6) is 5.88 Å². The lowest BCUT2D eigenvalue weighted by Crippen LogP contribution is -2.02. The molecule has 0 saturated heterocycles. The Morgan fingerprint density at radius 3 is 2.90 bits per heavy atom. The lowest BCUT2D eigenvalue weighted by Gasteiger charge is -2.07. The molecular weight excluding hydrogens is 286 g/mol. The van der Waals surface area contributed by atoms with E-state index in [9.17, 15) is 0 Å². The molecule has 0 saturated carbocycles. The molecule has 0 N–H and O–H groups in total. The highest BCUT2D eigenvalue weighted by Gasteiger charge is 2.08. The molecule has 0 atom stereocenters. The van der Waals surface area contributed by atoms with Crippen molar-refractivity contribution in [1.29, 1.82) is 0 Å². The third kappa shape index (κ3) is 3.08. The SMILES string of the molecule is COc1cc(-c2nccn2CCc2nnc(C)s2)ccn1. The van der Waals surface area contributed by atoms with Crippen molar-refractivity contribution in [2.75, 3.05) is 7.11 Å². The minimum absolute atomic E-state index is 0.585. The summed E-state index contributed by atoms with van der Waals surface area (Å²) < 4.78 is 7.26. The molecule has 0 unspecified atom stereocenters. The van der Waals surface area contributed by atoms with Gasteiger partial charge in [-0.05, 0) is 13.0 Å². The summed E-state index contributed by atoms with van der Waals surface area (Å²) in [6, 6.07) is 3.81. The van der Waals surface area contributed by atoms with Crippen molar-refractivity contribution in [3.8, 4) is 17.3 Å². The van der Waals surface area contributed by atoms with Crippen LogP contribution in [0.3, 0.4) is 0 Å². The van der Waals surface area contributed by atoms with Crippen molar-refractivity contribution in [2.24, 2.45) is 0 Å². The predicted molar refractivity (Wildman–Crippen MR) is 80.4 cm³/mol. The van der Waals surface area contributed by atoms with E-state index in [1.54, 1.807) is 30.8 Å². The van der Waals surface area contributed by atoms with E-state index in [1.165, 1.54) is 0 Å². The number of hydrogen-bond acceptors (Lipinski definition) is 6. The molecule has 0 radical (unpaired) electrons. The molecule has 7 heteroatoms. The van der Waals surface area contributed by atoms with Crippen molar-refractivity contribution < 1.29 is 4.74 Å². The Morgan fingerprint density at radius 1 is 1.24 bits per heavy atom. The molecule has 3 aromatic heterocycles. The van der Waals surface area contributed by atoms with E-state index >= 15 is 0 Å². The average Bonchev–Trinajstić information content (AvgIpc) is 3.14. The first kappa shape index (κ1) is 13.7. The van der Waals surface area contributed by atoms with E-state index < -0.39 is 0 Å². The molecule has 0 aliphatic rings. The topological polar surface area (TPSA) is 65.7 Å². The molecular formula is C14H15N5OS. The fraction of sp³-hybridized carbons (Fsp3) is 0.286. The molecule has 0 spiro atoms. The maximum absolute atomic E-state index is 5.16. The van der Waals surface area contributed by atoms with Crippen molar-refractivity contribution in [2.45, 2.75) is 19.9 Å². The summed E-state index contributed by atoms with van der Waals surface area (Å²) in [7, 11) is 1.61. The van der Waals surface area contributed by atoms with Gasteiger partial charge < -0.3 is 9.30 Å². The highest BCUT2D eigenvalue weighted by molar-refractivity contribution is 7.11. The Kier molecular flexibility index (Phi) is 3.92. The van der Waals surface area contributed by atoms with Crippen LogP contribution >= 0.6 is 11.3 Å². The van der Waals surface area contributed by atoms with Crippen LogP contribution in [-0.2, 0) is 13.0 Å². The second-order valence-electron chi connectivity index (χ2n) is 4.50. The van der Waals surface area contributed by atoms with Crippen molar-refractivity contribution in [3.05, 3.63) is 40.7 Å². The van der Waals surface area contributed by atoms with Crippen LogP contribution < -0.4 is 4.74 Å².